The molecule has 0 saturated carbocycles. The monoisotopic (exact) mass is 269 g/mol. The second kappa shape index (κ2) is 5.05. The summed E-state index contributed by atoms with van der Waals surface area (Å²) >= 11 is 0. The van der Waals surface area contributed by atoms with Crippen LogP contribution in [-0.2, 0) is 12.6 Å². The number of hydrogen-bond donors (Lipinski definition) is 1. The predicted molar refractivity (Wildman–Crippen MR) is 66.1 cm³/mol. The van der Waals surface area contributed by atoms with Gasteiger partial charge in [-0.3, -0.25) is 0 Å². The summed E-state index contributed by atoms with van der Waals surface area (Å²) in [6.45, 7) is 2.26. The number of benzene rings is 1. The molecule has 2 aromatic rings. The Balaban J connectivity index is 2.42. The number of aromatic nitrogens is 2. The van der Waals surface area contributed by atoms with Gasteiger partial charge in [0.05, 0.1) is 16.9 Å². The van der Waals surface area contributed by atoms with Crippen molar-refractivity contribution in [1.29, 1.82) is 0 Å². The van der Waals surface area contributed by atoms with Crippen molar-refractivity contribution in [2.24, 2.45) is 5.73 Å². The lowest BCUT2D eigenvalue weighted by Gasteiger charge is -2.09. The molecule has 0 spiro atoms. The third-order valence-electron chi connectivity index (χ3n) is 2.76. The van der Waals surface area contributed by atoms with Crippen molar-refractivity contribution in [2.75, 3.05) is 6.54 Å². The summed E-state index contributed by atoms with van der Waals surface area (Å²) in [4.78, 5) is 0. The Morgan fingerprint density at radius 1 is 1.26 bits per heavy atom. The molecular formula is C13H14F3N3. The molecule has 0 amide bonds. The smallest absolute Gasteiger partial charge is 0.330 e. The number of rotatable bonds is 3. The van der Waals surface area contributed by atoms with Gasteiger partial charge in [-0.2, -0.15) is 18.3 Å². The van der Waals surface area contributed by atoms with Crippen LogP contribution in [0.3, 0.4) is 0 Å². The van der Waals surface area contributed by atoms with E-state index in [4.69, 9.17) is 5.73 Å². The lowest BCUT2D eigenvalue weighted by atomic mass is 10.2. The summed E-state index contributed by atoms with van der Waals surface area (Å²) in [5, 5.41) is 4.26. The van der Waals surface area contributed by atoms with Crippen molar-refractivity contribution >= 4 is 0 Å². The van der Waals surface area contributed by atoms with Gasteiger partial charge in [-0.15, -0.1) is 0 Å². The van der Waals surface area contributed by atoms with Crippen molar-refractivity contribution in [1.82, 2.24) is 9.78 Å². The topological polar surface area (TPSA) is 43.8 Å². The highest BCUT2D eigenvalue weighted by Gasteiger charge is 2.30. The third-order valence-corrected chi connectivity index (χ3v) is 2.76. The van der Waals surface area contributed by atoms with Crippen molar-refractivity contribution < 1.29 is 13.2 Å². The molecule has 0 saturated heterocycles. The van der Waals surface area contributed by atoms with E-state index >= 15 is 0 Å². The van der Waals surface area contributed by atoms with E-state index < -0.39 is 11.7 Å². The van der Waals surface area contributed by atoms with Crippen LogP contribution in [0.15, 0.2) is 30.3 Å². The Bertz CT molecular complexity index is 573. The first-order valence-corrected chi connectivity index (χ1v) is 5.85. The zero-order chi connectivity index (χ0) is 14.0. The van der Waals surface area contributed by atoms with Crippen molar-refractivity contribution in [3.05, 3.63) is 47.3 Å². The largest absolute Gasteiger partial charge is 0.416 e. The molecule has 1 aromatic heterocycles. The van der Waals surface area contributed by atoms with Gasteiger partial charge in [0.2, 0.25) is 0 Å². The van der Waals surface area contributed by atoms with E-state index in [0.717, 1.165) is 23.5 Å². The first kappa shape index (κ1) is 13.6. The Hall–Kier alpha value is -1.82. The van der Waals surface area contributed by atoms with E-state index in [2.05, 4.69) is 5.10 Å². The summed E-state index contributed by atoms with van der Waals surface area (Å²) < 4.78 is 39.5. The fourth-order valence-electron chi connectivity index (χ4n) is 1.88. The van der Waals surface area contributed by atoms with Crippen molar-refractivity contribution in [2.45, 2.75) is 19.5 Å². The molecule has 102 valence electrons. The standard InChI is InChI=1S/C13H14F3N3/c1-9-7-11(5-6-17)18-19(9)12-4-2-3-10(8-12)13(14,15)16/h2-4,7-8H,5-6,17H2,1H3. The lowest BCUT2D eigenvalue weighted by Crippen LogP contribution is -2.07. The van der Waals surface area contributed by atoms with Crippen LogP contribution in [0.5, 0.6) is 0 Å². The summed E-state index contributed by atoms with van der Waals surface area (Å²) in [6, 6.07) is 6.94. The van der Waals surface area contributed by atoms with Gasteiger partial charge in [-0.1, -0.05) is 6.07 Å². The lowest BCUT2D eigenvalue weighted by molar-refractivity contribution is -0.137. The molecule has 0 fully saturated rings. The second-order valence-electron chi connectivity index (χ2n) is 4.28. The molecule has 0 bridgehead atoms. The highest BCUT2D eigenvalue weighted by molar-refractivity contribution is 5.38. The number of nitrogens with two attached hydrogens (primary N) is 1. The molecule has 1 aromatic carbocycles. The minimum absolute atomic E-state index is 0.399. The van der Waals surface area contributed by atoms with Crippen LogP contribution >= 0.6 is 0 Å². The maximum Gasteiger partial charge on any atom is 0.416 e. The van der Waals surface area contributed by atoms with Crippen LogP contribution in [0.25, 0.3) is 5.69 Å². The van der Waals surface area contributed by atoms with Gasteiger partial charge in [0.1, 0.15) is 0 Å². The third kappa shape index (κ3) is 2.96. The normalized spacial score (nSPS) is 11.8. The van der Waals surface area contributed by atoms with E-state index in [-0.39, 0.29) is 0 Å². The fraction of sp³-hybridized carbons (Fsp3) is 0.308. The molecule has 2 N–H and O–H groups in total. The van der Waals surface area contributed by atoms with Gasteiger partial charge >= 0.3 is 6.18 Å². The molecule has 19 heavy (non-hydrogen) atoms. The molecule has 2 rings (SSSR count). The molecule has 0 aliphatic rings. The van der Waals surface area contributed by atoms with Crippen LogP contribution in [0, 0.1) is 6.92 Å². The van der Waals surface area contributed by atoms with Crippen LogP contribution in [0.4, 0.5) is 13.2 Å². The number of hydrogen-bond acceptors (Lipinski definition) is 2. The fourth-order valence-corrected chi connectivity index (χ4v) is 1.88. The van der Waals surface area contributed by atoms with E-state index in [1.165, 1.54) is 10.7 Å². The van der Waals surface area contributed by atoms with E-state index in [1.807, 2.05) is 6.07 Å². The molecule has 0 radical (unpaired) electrons. The Morgan fingerprint density at radius 3 is 2.63 bits per heavy atom. The van der Waals surface area contributed by atoms with Crippen LogP contribution in [-0.4, -0.2) is 16.3 Å². The average molecular weight is 269 g/mol. The summed E-state index contributed by atoms with van der Waals surface area (Å²) in [7, 11) is 0. The number of nitrogens with zero attached hydrogens (tertiary/aromatic N) is 2. The van der Waals surface area contributed by atoms with Crippen molar-refractivity contribution in [3.63, 3.8) is 0 Å². The summed E-state index contributed by atoms with van der Waals surface area (Å²) in [5.74, 6) is 0. The molecule has 0 aliphatic carbocycles. The number of halogens is 3. The van der Waals surface area contributed by atoms with Crippen LogP contribution in [0.2, 0.25) is 0 Å². The Labute approximate surface area is 108 Å². The van der Waals surface area contributed by atoms with Gasteiger partial charge in [0.25, 0.3) is 0 Å². The first-order chi connectivity index (χ1) is 8.91. The zero-order valence-corrected chi connectivity index (χ0v) is 10.4. The Morgan fingerprint density at radius 2 is 2.00 bits per heavy atom. The van der Waals surface area contributed by atoms with Gasteiger partial charge in [0.15, 0.2) is 0 Å². The van der Waals surface area contributed by atoms with Gasteiger partial charge in [-0.25, -0.2) is 4.68 Å². The Kier molecular flexibility index (Phi) is 3.61. The van der Waals surface area contributed by atoms with Gasteiger partial charge in [0, 0.05) is 12.1 Å². The highest BCUT2D eigenvalue weighted by Crippen LogP contribution is 2.30. The van der Waals surface area contributed by atoms with E-state index in [1.54, 1.807) is 13.0 Å². The first-order valence-electron chi connectivity index (χ1n) is 5.85. The molecule has 3 nitrogen and oxygen atoms in total. The molecule has 6 heteroatoms. The van der Waals surface area contributed by atoms with Gasteiger partial charge in [-0.05, 0) is 37.7 Å². The average Bonchev–Trinajstić information content (AvgIpc) is 2.70. The predicted octanol–water partition coefficient (Wildman–Crippen LogP) is 2.70. The van der Waals surface area contributed by atoms with Crippen LogP contribution < -0.4 is 5.73 Å². The van der Waals surface area contributed by atoms with E-state index in [0.29, 0.717) is 18.7 Å². The molecule has 0 atom stereocenters. The van der Waals surface area contributed by atoms with E-state index in [9.17, 15) is 13.2 Å². The molecule has 0 aliphatic heterocycles. The minimum atomic E-state index is -4.35. The maximum absolute atomic E-state index is 12.7. The highest BCUT2D eigenvalue weighted by atomic mass is 19.4. The second-order valence-corrected chi connectivity index (χ2v) is 4.28. The zero-order valence-electron chi connectivity index (χ0n) is 10.4. The number of aryl methyl sites for hydroxylation is 1. The molecular weight excluding hydrogens is 255 g/mol. The van der Waals surface area contributed by atoms with Gasteiger partial charge < -0.3 is 5.73 Å². The molecule has 0 unspecified atom stereocenters. The quantitative estimate of drug-likeness (QED) is 0.931. The summed E-state index contributed by atoms with van der Waals surface area (Å²) in [5.41, 5.74) is 6.72. The SMILES string of the molecule is Cc1cc(CCN)nn1-c1cccc(C(F)(F)F)c1. The molecule has 1 heterocycles. The minimum Gasteiger partial charge on any atom is -0.330 e. The number of alkyl halides is 3. The maximum atomic E-state index is 12.7. The van der Waals surface area contributed by atoms with Crippen molar-refractivity contribution in [3.8, 4) is 5.69 Å². The summed E-state index contributed by atoms with van der Waals surface area (Å²) in [6.07, 6.45) is -3.75. The van der Waals surface area contributed by atoms with Crippen LogP contribution in [0.1, 0.15) is 17.0 Å².